The number of fused-ring (bicyclic) bond motifs is 1. The summed E-state index contributed by atoms with van der Waals surface area (Å²) in [6.07, 6.45) is 1.25. The molecule has 7 heteroatoms. The van der Waals surface area contributed by atoms with Gasteiger partial charge in [0.15, 0.2) is 0 Å². The average Bonchev–Trinajstić information content (AvgIpc) is 2.79. The normalized spacial score (nSPS) is 18.9. The van der Waals surface area contributed by atoms with Crippen LogP contribution in [0.15, 0.2) is 57.5 Å². The van der Waals surface area contributed by atoms with E-state index in [1.54, 1.807) is 23.8 Å². The number of rotatable bonds is 4. The molecule has 1 amide bonds. The van der Waals surface area contributed by atoms with Crippen molar-refractivity contribution in [1.82, 2.24) is 4.90 Å². The number of hydrogen-bond donors (Lipinski definition) is 0. The summed E-state index contributed by atoms with van der Waals surface area (Å²) in [5.74, 6) is 1.11. The van der Waals surface area contributed by atoms with Crippen molar-refractivity contribution in [1.29, 1.82) is 5.26 Å². The third kappa shape index (κ3) is 3.82. The van der Waals surface area contributed by atoms with Crippen molar-refractivity contribution in [3.05, 3.63) is 68.7 Å². The number of methoxy groups -OCH3 is 1. The molecule has 2 heterocycles. The highest BCUT2D eigenvalue weighted by molar-refractivity contribution is 9.10. The lowest BCUT2D eigenvalue weighted by Crippen LogP contribution is -2.47. The van der Waals surface area contributed by atoms with Crippen LogP contribution >= 0.6 is 27.7 Å². The first kappa shape index (κ1) is 20.8. The van der Waals surface area contributed by atoms with Crippen LogP contribution in [0.25, 0.3) is 0 Å². The molecule has 1 atom stereocenters. The van der Waals surface area contributed by atoms with Gasteiger partial charge < -0.3 is 9.64 Å². The highest BCUT2D eigenvalue weighted by atomic mass is 79.9. The van der Waals surface area contributed by atoms with Gasteiger partial charge in [0.2, 0.25) is 5.91 Å². The lowest BCUT2D eigenvalue weighted by Gasteiger charge is -2.42. The molecule has 2 aliphatic rings. The molecule has 30 heavy (non-hydrogen) atoms. The van der Waals surface area contributed by atoms with Crippen LogP contribution in [0.3, 0.4) is 0 Å². The Morgan fingerprint density at radius 2 is 2.03 bits per heavy atom. The number of aryl methyl sites for hydroxylation is 1. The van der Waals surface area contributed by atoms with Gasteiger partial charge in [0, 0.05) is 28.1 Å². The topological polar surface area (TPSA) is 56.6 Å². The molecular weight excluding hydrogens is 462 g/mol. The second-order valence-electron chi connectivity index (χ2n) is 7.27. The summed E-state index contributed by atoms with van der Waals surface area (Å²) in [5.41, 5.74) is 3.87. The second kappa shape index (κ2) is 8.75. The van der Waals surface area contributed by atoms with Gasteiger partial charge in [-0.15, -0.1) is 0 Å². The number of benzene rings is 2. The molecular formula is C23H22BrN3O2S. The van der Waals surface area contributed by atoms with Gasteiger partial charge >= 0.3 is 0 Å². The number of carbonyl (C=O) groups excluding carboxylic acids is 1. The number of amides is 1. The first-order valence-corrected chi connectivity index (χ1v) is 11.6. The Morgan fingerprint density at radius 1 is 1.27 bits per heavy atom. The molecule has 5 nitrogen and oxygen atoms in total. The Hall–Kier alpha value is -2.43. The van der Waals surface area contributed by atoms with E-state index in [0.717, 1.165) is 27.2 Å². The van der Waals surface area contributed by atoms with Crippen molar-refractivity contribution in [2.24, 2.45) is 0 Å². The molecule has 0 aromatic heterocycles. The third-order valence-electron chi connectivity index (χ3n) is 5.57. The predicted molar refractivity (Wildman–Crippen MR) is 123 cm³/mol. The van der Waals surface area contributed by atoms with Crippen LogP contribution in [-0.2, 0) is 11.2 Å². The van der Waals surface area contributed by atoms with Gasteiger partial charge in [-0.25, -0.2) is 0 Å². The summed E-state index contributed by atoms with van der Waals surface area (Å²) >= 11 is 5.05. The quantitative estimate of drug-likeness (QED) is 0.594. The number of carbonyl (C=O) groups is 1. The van der Waals surface area contributed by atoms with Crippen LogP contribution in [0.2, 0.25) is 0 Å². The van der Waals surface area contributed by atoms with Gasteiger partial charge in [0.25, 0.3) is 0 Å². The Morgan fingerprint density at radius 3 is 2.70 bits per heavy atom. The molecule has 2 aromatic rings. The maximum absolute atomic E-state index is 13.1. The molecule has 4 rings (SSSR count). The fraction of sp³-hybridized carbons (Fsp3) is 0.304. The summed E-state index contributed by atoms with van der Waals surface area (Å²) in [6, 6.07) is 16.5. The zero-order chi connectivity index (χ0) is 21.3. The molecule has 2 aromatic carbocycles. The first-order chi connectivity index (χ1) is 14.5. The van der Waals surface area contributed by atoms with Crippen molar-refractivity contribution in [2.45, 2.75) is 25.7 Å². The molecule has 0 spiro atoms. The molecule has 2 aliphatic heterocycles. The van der Waals surface area contributed by atoms with E-state index in [4.69, 9.17) is 4.74 Å². The van der Waals surface area contributed by atoms with Gasteiger partial charge in [0.05, 0.1) is 36.3 Å². The minimum atomic E-state index is -0.302. The molecule has 0 saturated carbocycles. The molecule has 1 fully saturated rings. The number of allylic oxidation sites excluding steroid dienone is 1. The number of halogens is 1. The smallest absolute Gasteiger partial charge is 0.229 e. The van der Waals surface area contributed by atoms with Gasteiger partial charge in [0.1, 0.15) is 5.75 Å². The number of hydrogen-bond acceptors (Lipinski definition) is 5. The van der Waals surface area contributed by atoms with E-state index in [9.17, 15) is 10.1 Å². The average molecular weight is 484 g/mol. The second-order valence-corrected chi connectivity index (χ2v) is 9.12. The highest BCUT2D eigenvalue weighted by Gasteiger charge is 2.39. The minimum absolute atomic E-state index is 0.0263. The van der Waals surface area contributed by atoms with Gasteiger partial charge in [-0.05, 0) is 42.3 Å². The molecule has 154 valence electrons. The lowest BCUT2D eigenvalue weighted by atomic mass is 9.86. The van der Waals surface area contributed by atoms with Crippen molar-refractivity contribution in [2.75, 3.05) is 24.6 Å². The number of nitriles is 1. The number of nitrogens with zero attached hydrogens (tertiary/aromatic N) is 3. The number of thioether (sulfide) groups is 1. The Bertz CT molecular complexity index is 1050. The van der Waals surface area contributed by atoms with E-state index in [0.29, 0.717) is 23.9 Å². The lowest BCUT2D eigenvalue weighted by molar-refractivity contribution is -0.129. The molecule has 0 N–H and O–H groups in total. The molecule has 0 aliphatic carbocycles. The fourth-order valence-corrected chi connectivity index (χ4v) is 5.46. The van der Waals surface area contributed by atoms with Crippen molar-refractivity contribution in [3.8, 4) is 11.8 Å². The SMILES string of the molecule is CCc1ccc(N2CSC3=C(C#N)C(c4cc(Br)ccc4OC)CC(=O)N3C2)cc1. The van der Waals surface area contributed by atoms with Crippen LogP contribution in [0.5, 0.6) is 5.75 Å². The Balaban J connectivity index is 1.67. The summed E-state index contributed by atoms with van der Waals surface area (Å²) < 4.78 is 6.42. The fourth-order valence-electron chi connectivity index (χ4n) is 3.91. The zero-order valence-electron chi connectivity index (χ0n) is 16.9. The predicted octanol–water partition coefficient (Wildman–Crippen LogP) is 5.24. The largest absolute Gasteiger partial charge is 0.496 e. The van der Waals surface area contributed by atoms with Crippen molar-refractivity contribution >= 4 is 39.3 Å². The van der Waals surface area contributed by atoms with E-state index in [1.165, 1.54) is 5.56 Å². The van der Waals surface area contributed by atoms with E-state index in [1.807, 2.05) is 18.2 Å². The summed E-state index contributed by atoms with van der Waals surface area (Å²) in [5, 5.41) is 10.8. The molecule has 0 radical (unpaired) electrons. The number of anilines is 1. The van der Waals surface area contributed by atoms with E-state index < -0.39 is 0 Å². The van der Waals surface area contributed by atoms with Gasteiger partial charge in [-0.3, -0.25) is 9.69 Å². The van der Waals surface area contributed by atoms with Crippen LogP contribution in [0.4, 0.5) is 5.69 Å². The highest BCUT2D eigenvalue weighted by Crippen LogP contribution is 2.45. The monoisotopic (exact) mass is 483 g/mol. The molecule has 1 saturated heterocycles. The van der Waals surface area contributed by atoms with Crippen molar-refractivity contribution in [3.63, 3.8) is 0 Å². The Kier molecular flexibility index (Phi) is 6.07. The third-order valence-corrected chi connectivity index (χ3v) is 7.22. The first-order valence-electron chi connectivity index (χ1n) is 9.80. The minimum Gasteiger partial charge on any atom is -0.496 e. The molecule has 0 bridgehead atoms. The number of ether oxygens (including phenoxy) is 1. The van der Waals surface area contributed by atoms with Crippen LogP contribution < -0.4 is 9.64 Å². The zero-order valence-corrected chi connectivity index (χ0v) is 19.3. The molecule has 1 unspecified atom stereocenters. The van der Waals surface area contributed by atoms with Crippen LogP contribution in [0.1, 0.15) is 30.4 Å². The van der Waals surface area contributed by atoms with Gasteiger partial charge in [-0.1, -0.05) is 46.7 Å². The summed E-state index contributed by atoms with van der Waals surface area (Å²) in [7, 11) is 1.61. The van der Waals surface area contributed by atoms with Crippen LogP contribution in [-0.4, -0.2) is 30.5 Å². The van der Waals surface area contributed by atoms with Crippen molar-refractivity contribution < 1.29 is 9.53 Å². The van der Waals surface area contributed by atoms with Crippen LogP contribution in [0, 0.1) is 11.3 Å². The van der Waals surface area contributed by atoms with E-state index in [2.05, 4.69) is 58.1 Å². The standard InChI is InChI=1S/C23H22BrN3O2S/c1-3-15-4-7-17(8-5-15)26-13-27-22(28)11-18(20(12-25)23(27)30-14-26)19-10-16(24)6-9-21(19)29-2/h4-10,18H,3,11,13-14H2,1-2H3. The van der Waals surface area contributed by atoms with E-state index in [-0.39, 0.29) is 18.2 Å². The van der Waals surface area contributed by atoms with Gasteiger partial charge in [-0.2, -0.15) is 5.26 Å². The summed E-state index contributed by atoms with van der Waals surface area (Å²) in [4.78, 5) is 17.0. The van der Waals surface area contributed by atoms with E-state index >= 15 is 0 Å². The Labute approximate surface area is 189 Å². The maximum Gasteiger partial charge on any atom is 0.229 e. The maximum atomic E-state index is 13.1. The summed E-state index contributed by atoms with van der Waals surface area (Å²) in [6.45, 7) is 2.59.